The average molecular weight is 475 g/mol. The third-order valence-electron chi connectivity index (χ3n) is 5.48. The van der Waals surface area contributed by atoms with Crippen LogP contribution in [0.1, 0.15) is 17.5 Å². The minimum absolute atomic E-state index is 0.0820. The summed E-state index contributed by atoms with van der Waals surface area (Å²) in [5.74, 6) is -0.765. The van der Waals surface area contributed by atoms with Gasteiger partial charge in [0.15, 0.2) is 0 Å². The van der Waals surface area contributed by atoms with Gasteiger partial charge in [0.1, 0.15) is 6.61 Å². The second-order valence-electron chi connectivity index (χ2n) is 8.12. The molecule has 1 atom stereocenters. The molecule has 0 aliphatic carbocycles. The van der Waals surface area contributed by atoms with Crippen LogP contribution in [0.2, 0.25) is 0 Å². The molecule has 0 aliphatic heterocycles. The van der Waals surface area contributed by atoms with Crippen molar-refractivity contribution in [3.63, 3.8) is 0 Å². The number of carbonyl (C=O) groups excluding carboxylic acids is 3. The largest absolute Gasteiger partial charge is 0.458 e. The van der Waals surface area contributed by atoms with E-state index in [9.17, 15) is 14.4 Å². The first-order valence-electron chi connectivity index (χ1n) is 11.4. The molecule has 3 rings (SSSR count). The molecular formula is C28H30N2O5. The Hall–Kier alpha value is -4.13. The third-order valence-corrected chi connectivity index (χ3v) is 5.48. The molecule has 0 aliphatic rings. The first-order chi connectivity index (χ1) is 16.9. The summed E-state index contributed by atoms with van der Waals surface area (Å²) >= 11 is 0. The summed E-state index contributed by atoms with van der Waals surface area (Å²) in [7, 11) is 3.22. The van der Waals surface area contributed by atoms with Crippen molar-refractivity contribution in [1.82, 2.24) is 4.90 Å². The van der Waals surface area contributed by atoms with Crippen LogP contribution in [0.5, 0.6) is 0 Å². The fourth-order valence-corrected chi connectivity index (χ4v) is 3.35. The van der Waals surface area contributed by atoms with Crippen molar-refractivity contribution in [2.45, 2.75) is 25.6 Å². The molecule has 0 N–H and O–H groups in total. The number of hydrogen-bond acceptors (Lipinski definition) is 5. The van der Waals surface area contributed by atoms with Crippen molar-refractivity contribution in [2.24, 2.45) is 0 Å². The number of ether oxygens (including phenoxy) is 2. The van der Waals surface area contributed by atoms with E-state index in [0.717, 1.165) is 16.8 Å². The van der Waals surface area contributed by atoms with Gasteiger partial charge in [-0.3, -0.25) is 4.79 Å². The van der Waals surface area contributed by atoms with Crippen LogP contribution >= 0.6 is 0 Å². The number of anilines is 1. The van der Waals surface area contributed by atoms with Gasteiger partial charge >= 0.3 is 12.1 Å². The van der Waals surface area contributed by atoms with Crippen LogP contribution in [-0.4, -0.2) is 49.6 Å². The summed E-state index contributed by atoms with van der Waals surface area (Å²) in [5, 5.41) is 0. The molecule has 0 saturated heterocycles. The topological polar surface area (TPSA) is 76.2 Å². The minimum atomic E-state index is -1.11. The third kappa shape index (κ3) is 7.99. The Morgan fingerprint density at radius 2 is 1.31 bits per heavy atom. The van der Waals surface area contributed by atoms with Gasteiger partial charge in [-0.25, -0.2) is 9.59 Å². The van der Waals surface area contributed by atoms with E-state index < -0.39 is 18.2 Å². The summed E-state index contributed by atoms with van der Waals surface area (Å²) in [5.41, 5.74) is 2.44. The van der Waals surface area contributed by atoms with Crippen LogP contribution in [0.3, 0.4) is 0 Å². The zero-order chi connectivity index (χ0) is 25.0. The molecule has 7 heteroatoms. The molecule has 3 aromatic rings. The molecule has 0 bridgehead atoms. The predicted molar refractivity (Wildman–Crippen MR) is 134 cm³/mol. The Morgan fingerprint density at radius 1 is 0.771 bits per heavy atom. The normalized spacial score (nSPS) is 11.3. The van der Waals surface area contributed by atoms with E-state index in [4.69, 9.17) is 9.47 Å². The fourth-order valence-electron chi connectivity index (χ4n) is 3.35. The van der Waals surface area contributed by atoms with Crippen molar-refractivity contribution in [3.05, 3.63) is 102 Å². The zero-order valence-electron chi connectivity index (χ0n) is 20.0. The van der Waals surface area contributed by atoms with Crippen molar-refractivity contribution in [2.75, 3.05) is 25.5 Å². The van der Waals surface area contributed by atoms with Gasteiger partial charge < -0.3 is 19.3 Å². The van der Waals surface area contributed by atoms with E-state index in [1.807, 2.05) is 91.0 Å². The molecule has 0 fully saturated rings. The van der Waals surface area contributed by atoms with Gasteiger partial charge in [-0.15, -0.1) is 0 Å². The molecule has 3 aromatic carbocycles. The quantitative estimate of drug-likeness (QED) is 0.406. The SMILES string of the molecule is CN(CCC(=O)N(C)c1ccccc1)C(=O)O[C@@H](Cc1ccccc1)C(=O)OCc1ccccc1. The fraction of sp³-hybridized carbons (Fsp3) is 0.250. The van der Waals surface area contributed by atoms with E-state index in [1.54, 1.807) is 11.9 Å². The van der Waals surface area contributed by atoms with Crippen LogP contribution < -0.4 is 4.90 Å². The van der Waals surface area contributed by atoms with E-state index in [1.165, 1.54) is 11.9 Å². The number of hydrogen-bond donors (Lipinski definition) is 0. The molecule has 0 spiro atoms. The smallest absolute Gasteiger partial charge is 0.410 e. The number of carbonyl (C=O) groups is 3. The summed E-state index contributed by atoms with van der Waals surface area (Å²) in [6.07, 6.45) is -1.51. The highest BCUT2D eigenvalue weighted by molar-refractivity contribution is 5.93. The summed E-state index contributed by atoms with van der Waals surface area (Å²) in [4.78, 5) is 40.9. The standard InChI is InChI=1S/C28H30N2O5/c1-29(19-18-26(31)30(2)24-16-10-5-11-17-24)28(33)35-25(20-22-12-6-3-7-13-22)27(32)34-21-23-14-8-4-9-15-23/h3-17,25H,18-21H2,1-2H3/t25-/m0/s1. The van der Waals surface area contributed by atoms with Gasteiger partial charge in [-0.2, -0.15) is 0 Å². The number of rotatable bonds is 10. The van der Waals surface area contributed by atoms with Crippen LogP contribution in [0.25, 0.3) is 0 Å². The highest BCUT2D eigenvalue weighted by Gasteiger charge is 2.27. The molecule has 0 radical (unpaired) electrons. The lowest BCUT2D eigenvalue weighted by molar-refractivity contribution is -0.155. The summed E-state index contributed by atoms with van der Waals surface area (Å²) in [6, 6.07) is 27.8. The molecule has 0 saturated carbocycles. The number of para-hydroxylation sites is 1. The first-order valence-corrected chi connectivity index (χ1v) is 11.4. The number of nitrogens with zero attached hydrogens (tertiary/aromatic N) is 2. The summed E-state index contributed by atoms with van der Waals surface area (Å²) < 4.78 is 11.0. The average Bonchev–Trinajstić information content (AvgIpc) is 2.90. The van der Waals surface area contributed by atoms with Gasteiger partial charge in [0.2, 0.25) is 12.0 Å². The Labute approximate surface area is 205 Å². The Morgan fingerprint density at radius 3 is 1.91 bits per heavy atom. The maximum Gasteiger partial charge on any atom is 0.410 e. The van der Waals surface area contributed by atoms with E-state index in [2.05, 4.69) is 0 Å². The van der Waals surface area contributed by atoms with E-state index >= 15 is 0 Å². The lowest BCUT2D eigenvalue weighted by atomic mass is 10.1. The van der Waals surface area contributed by atoms with Gasteiger partial charge in [0, 0.05) is 39.2 Å². The number of amides is 2. The first kappa shape index (κ1) is 25.5. The van der Waals surface area contributed by atoms with Crippen LogP contribution in [0.15, 0.2) is 91.0 Å². The molecule has 35 heavy (non-hydrogen) atoms. The van der Waals surface area contributed by atoms with Gasteiger partial charge in [-0.05, 0) is 23.3 Å². The molecular weight excluding hydrogens is 444 g/mol. The Balaban J connectivity index is 1.58. The number of esters is 1. The molecule has 182 valence electrons. The molecule has 7 nitrogen and oxygen atoms in total. The molecule has 2 amide bonds. The lowest BCUT2D eigenvalue weighted by Gasteiger charge is -2.23. The zero-order valence-corrected chi connectivity index (χ0v) is 20.0. The molecule has 0 aromatic heterocycles. The predicted octanol–water partition coefficient (Wildman–Crippen LogP) is 4.46. The maximum absolute atomic E-state index is 12.8. The highest BCUT2D eigenvalue weighted by atomic mass is 16.6. The van der Waals surface area contributed by atoms with Crippen molar-refractivity contribution in [1.29, 1.82) is 0 Å². The van der Waals surface area contributed by atoms with Crippen LogP contribution in [0, 0.1) is 0 Å². The van der Waals surface area contributed by atoms with Crippen LogP contribution in [-0.2, 0) is 32.1 Å². The monoisotopic (exact) mass is 474 g/mol. The van der Waals surface area contributed by atoms with Crippen molar-refractivity contribution >= 4 is 23.7 Å². The second-order valence-corrected chi connectivity index (χ2v) is 8.12. The van der Waals surface area contributed by atoms with Crippen LogP contribution in [0.4, 0.5) is 10.5 Å². The van der Waals surface area contributed by atoms with E-state index in [-0.39, 0.29) is 31.9 Å². The second kappa shape index (κ2) is 12.9. The summed E-state index contributed by atoms with van der Waals surface area (Å²) in [6.45, 7) is 0.227. The van der Waals surface area contributed by atoms with E-state index in [0.29, 0.717) is 0 Å². The minimum Gasteiger partial charge on any atom is -0.458 e. The van der Waals surface area contributed by atoms with Crippen molar-refractivity contribution < 1.29 is 23.9 Å². The molecule has 0 unspecified atom stereocenters. The van der Waals surface area contributed by atoms with Gasteiger partial charge in [0.25, 0.3) is 0 Å². The van der Waals surface area contributed by atoms with Crippen molar-refractivity contribution in [3.8, 4) is 0 Å². The molecule has 0 heterocycles. The van der Waals surface area contributed by atoms with Gasteiger partial charge in [-0.1, -0.05) is 78.9 Å². The lowest BCUT2D eigenvalue weighted by Crippen LogP contribution is -2.38. The number of benzene rings is 3. The Kier molecular flexibility index (Phi) is 9.42. The Bertz CT molecular complexity index is 1090. The van der Waals surface area contributed by atoms with Gasteiger partial charge in [0.05, 0.1) is 0 Å². The maximum atomic E-state index is 12.8. The highest BCUT2D eigenvalue weighted by Crippen LogP contribution is 2.14.